The van der Waals surface area contributed by atoms with Crippen molar-refractivity contribution in [3.8, 4) is 11.5 Å². The Hall–Kier alpha value is -2.12. The van der Waals surface area contributed by atoms with Crippen molar-refractivity contribution >= 4 is 33.0 Å². The minimum Gasteiger partial charge on any atom is -0.493 e. The highest BCUT2D eigenvalue weighted by atomic mass is 32.1. The largest absolute Gasteiger partial charge is 0.493 e. The van der Waals surface area contributed by atoms with E-state index in [-0.39, 0.29) is 11.8 Å². The van der Waals surface area contributed by atoms with Crippen LogP contribution in [0.2, 0.25) is 0 Å². The first-order chi connectivity index (χ1) is 12.0. The van der Waals surface area contributed by atoms with Gasteiger partial charge in [-0.05, 0) is 31.6 Å². The quantitative estimate of drug-likeness (QED) is 0.859. The van der Waals surface area contributed by atoms with Crippen molar-refractivity contribution in [3.63, 3.8) is 0 Å². The number of hydrogen-bond acceptors (Lipinski definition) is 6. The van der Waals surface area contributed by atoms with Gasteiger partial charge in [-0.25, -0.2) is 5.43 Å². The molecule has 0 fully saturated rings. The van der Waals surface area contributed by atoms with Crippen LogP contribution in [-0.4, -0.2) is 50.9 Å². The standard InChI is InChI=1S/C18H23N3O3S/c1-11-7-17(22)19-20-18(11)16-9-12-8-14(24-6-5-21(2)3)13(23-4)10-15(12)25-16/h8-11H,5-7H2,1-4H3,(H,19,22). The molecule has 0 spiro atoms. The number of nitrogens with one attached hydrogen (secondary N) is 1. The van der Waals surface area contributed by atoms with Gasteiger partial charge in [0, 0.05) is 29.6 Å². The van der Waals surface area contributed by atoms with Gasteiger partial charge in [0.25, 0.3) is 0 Å². The lowest BCUT2D eigenvalue weighted by atomic mass is 9.99. The van der Waals surface area contributed by atoms with Crippen molar-refractivity contribution in [2.24, 2.45) is 11.0 Å². The van der Waals surface area contributed by atoms with Gasteiger partial charge in [0.15, 0.2) is 11.5 Å². The maximum Gasteiger partial charge on any atom is 0.240 e. The number of carbonyl (C=O) groups excluding carboxylic acids is 1. The number of amides is 1. The summed E-state index contributed by atoms with van der Waals surface area (Å²) in [5.74, 6) is 1.55. The Morgan fingerprint density at radius 1 is 1.32 bits per heavy atom. The molecule has 7 heteroatoms. The number of hydrazone groups is 1. The first kappa shape index (κ1) is 17.7. The molecule has 0 saturated heterocycles. The summed E-state index contributed by atoms with van der Waals surface area (Å²) in [6.07, 6.45) is 0.468. The number of likely N-dealkylation sites (N-methyl/N-ethyl adjacent to an activating group) is 1. The fourth-order valence-corrected chi connectivity index (χ4v) is 3.91. The van der Waals surface area contributed by atoms with Gasteiger partial charge in [0.2, 0.25) is 5.91 Å². The SMILES string of the molecule is COc1cc2sc(C3=NNC(=O)CC3C)cc2cc1OCCN(C)C. The number of fused-ring (bicyclic) bond motifs is 1. The van der Waals surface area contributed by atoms with Crippen LogP contribution in [0.1, 0.15) is 18.2 Å². The summed E-state index contributed by atoms with van der Waals surface area (Å²) in [6, 6.07) is 6.11. The van der Waals surface area contributed by atoms with Gasteiger partial charge in [-0.2, -0.15) is 5.10 Å². The third-order valence-electron chi connectivity index (χ3n) is 4.11. The molecular formula is C18H23N3O3S. The van der Waals surface area contributed by atoms with E-state index in [9.17, 15) is 4.79 Å². The van der Waals surface area contributed by atoms with E-state index < -0.39 is 0 Å². The Bertz CT molecular complexity index is 813. The predicted molar refractivity (Wildman–Crippen MR) is 101 cm³/mol. The number of nitrogens with zero attached hydrogens (tertiary/aromatic N) is 2. The van der Waals surface area contributed by atoms with Crippen LogP contribution in [0.15, 0.2) is 23.3 Å². The smallest absolute Gasteiger partial charge is 0.240 e. The van der Waals surface area contributed by atoms with Crippen molar-refractivity contribution in [1.29, 1.82) is 0 Å². The van der Waals surface area contributed by atoms with E-state index in [0.29, 0.717) is 13.0 Å². The Kier molecular flexibility index (Phi) is 5.24. The van der Waals surface area contributed by atoms with E-state index in [4.69, 9.17) is 9.47 Å². The van der Waals surface area contributed by atoms with Gasteiger partial charge in [0.05, 0.1) is 17.7 Å². The van der Waals surface area contributed by atoms with Crippen LogP contribution >= 0.6 is 11.3 Å². The molecule has 25 heavy (non-hydrogen) atoms. The minimum absolute atomic E-state index is 0.0318. The molecule has 1 aromatic heterocycles. The molecule has 3 rings (SSSR count). The maximum absolute atomic E-state index is 11.4. The summed E-state index contributed by atoms with van der Waals surface area (Å²) < 4.78 is 12.5. The van der Waals surface area contributed by atoms with Crippen LogP contribution in [-0.2, 0) is 4.79 Å². The molecule has 0 saturated carbocycles. The van der Waals surface area contributed by atoms with Gasteiger partial charge in [0.1, 0.15) is 6.61 Å². The molecule has 0 radical (unpaired) electrons. The first-order valence-corrected chi connectivity index (χ1v) is 9.05. The number of rotatable bonds is 6. The highest BCUT2D eigenvalue weighted by Gasteiger charge is 2.23. The minimum atomic E-state index is -0.0318. The van der Waals surface area contributed by atoms with Gasteiger partial charge in [-0.3, -0.25) is 4.79 Å². The molecular weight excluding hydrogens is 338 g/mol. The van der Waals surface area contributed by atoms with Gasteiger partial charge >= 0.3 is 0 Å². The van der Waals surface area contributed by atoms with Gasteiger partial charge < -0.3 is 14.4 Å². The summed E-state index contributed by atoms with van der Waals surface area (Å²) in [7, 11) is 5.68. The topological polar surface area (TPSA) is 63.2 Å². The van der Waals surface area contributed by atoms with Crippen LogP contribution in [0.4, 0.5) is 0 Å². The van der Waals surface area contributed by atoms with Crippen molar-refractivity contribution < 1.29 is 14.3 Å². The summed E-state index contributed by atoms with van der Waals surface area (Å²) in [5.41, 5.74) is 3.51. The monoisotopic (exact) mass is 361 g/mol. The van der Waals surface area contributed by atoms with E-state index in [1.807, 2.05) is 33.2 Å². The summed E-state index contributed by atoms with van der Waals surface area (Å²) >= 11 is 1.65. The lowest BCUT2D eigenvalue weighted by Crippen LogP contribution is -2.31. The molecule has 1 N–H and O–H groups in total. The molecule has 2 heterocycles. The molecule has 1 unspecified atom stereocenters. The summed E-state index contributed by atoms with van der Waals surface area (Å²) in [5, 5.41) is 5.34. The average Bonchev–Trinajstić information content (AvgIpc) is 2.96. The molecule has 1 aliphatic rings. The lowest BCUT2D eigenvalue weighted by molar-refractivity contribution is -0.121. The molecule has 134 valence electrons. The second-order valence-corrected chi connectivity index (χ2v) is 7.52. The molecule has 0 aliphatic carbocycles. The van der Waals surface area contributed by atoms with Crippen molar-refractivity contribution in [2.45, 2.75) is 13.3 Å². The van der Waals surface area contributed by atoms with E-state index in [0.717, 1.165) is 38.7 Å². The fraction of sp³-hybridized carbons (Fsp3) is 0.444. The van der Waals surface area contributed by atoms with E-state index >= 15 is 0 Å². The van der Waals surface area contributed by atoms with Crippen LogP contribution in [0.25, 0.3) is 10.1 Å². The van der Waals surface area contributed by atoms with E-state index in [1.165, 1.54) is 0 Å². The van der Waals surface area contributed by atoms with Crippen molar-refractivity contribution in [2.75, 3.05) is 34.4 Å². The lowest BCUT2D eigenvalue weighted by Gasteiger charge is -2.17. The number of carbonyl (C=O) groups is 1. The van der Waals surface area contributed by atoms with E-state index in [2.05, 4.69) is 21.5 Å². The fourth-order valence-electron chi connectivity index (χ4n) is 2.74. The van der Waals surface area contributed by atoms with Gasteiger partial charge in [-0.1, -0.05) is 6.92 Å². The molecule has 1 aromatic carbocycles. The molecule has 1 aliphatic heterocycles. The first-order valence-electron chi connectivity index (χ1n) is 8.24. The average molecular weight is 361 g/mol. The number of hydrogen-bond donors (Lipinski definition) is 1. The highest BCUT2D eigenvalue weighted by Crippen LogP contribution is 2.37. The Morgan fingerprint density at radius 3 is 2.80 bits per heavy atom. The molecule has 1 atom stereocenters. The van der Waals surface area contributed by atoms with Crippen LogP contribution in [0, 0.1) is 5.92 Å². The Balaban J connectivity index is 1.90. The number of methoxy groups -OCH3 is 1. The number of ether oxygens (including phenoxy) is 2. The Labute approximate surface area is 151 Å². The van der Waals surface area contributed by atoms with Crippen molar-refractivity contribution in [3.05, 3.63) is 23.1 Å². The number of benzene rings is 1. The van der Waals surface area contributed by atoms with Crippen LogP contribution in [0.3, 0.4) is 0 Å². The molecule has 2 aromatic rings. The summed E-state index contributed by atoms with van der Waals surface area (Å²) in [4.78, 5) is 14.6. The highest BCUT2D eigenvalue weighted by molar-refractivity contribution is 7.21. The molecule has 0 bridgehead atoms. The summed E-state index contributed by atoms with van der Waals surface area (Å²) in [6.45, 7) is 3.46. The van der Waals surface area contributed by atoms with Gasteiger partial charge in [-0.15, -0.1) is 11.3 Å². The van der Waals surface area contributed by atoms with E-state index in [1.54, 1.807) is 18.4 Å². The Morgan fingerprint density at radius 2 is 2.12 bits per heavy atom. The normalized spacial score (nSPS) is 17.6. The van der Waals surface area contributed by atoms with Crippen LogP contribution < -0.4 is 14.9 Å². The predicted octanol–water partition coefficient (Wildman–Crippen LogP) is 2.71. The maximum atomic E-state index is 11.4. The second-order valence-electron chi connectivity index (χ2n) is 6.44. The zero-order valence-corrected chi connectivity index (χ0v) is 15.8. The van der Waals surface area contributed by atoms with Crippen molar-refractivity contribution in [1.82, 2.24) is 10.3 Å². The van der Waals surface area contributed by atoms with Crippen LogP contribution in [0.5, 0.6) is 11.5 Å². The number of thiophene rings is 1. The third kappa shape index (κ3) is 3.93. The second kappa shape index (κ2) is 7.41. The molecule has 6 nitrogen and oxygen atoms in total. The zero-order chi connectivity index (χ0) is 18.0. The zero-order valence-electron chi connectivity index (χ0n) is 15.0. The third-order valence-corrected chi connectivity index (χ3v) is 5.23. The molecule has 1 amide bonds.